The zero-order chi connectivity index (χ0) is 18.2. The molecular weight excluding hydrogens is 300 g/mol. The molecule has 0 aliphatic carbocycles. The molecule has 0 bridgehead atoms. The van der Waals surface area contributed by atoms with E-state index in [-0.39, 0.29) is 13.0 Å². The summed E-state index contributed by atoms with van der Waals surface area (Å²) in [5.74, 6) is -1.96. The number of rotatable bonds is 8. The third-order valence-electron chi connectivity index (χ3n) is 2.40. The molecule has 0 radical (unpaired) electrons. The molecule has 1 unspecified atom stereocenters. The average molecular weight is 324 g/mol. The van der Waals surface area contributed by atoms with E-state index >= 15 is 0 Å². The van der Waals surface area contributed by atoms with Gasteiger partial charge in [-0.05, 0) is 6.42 Å². The maximum absolute atomic E-state index is 9.32. The van der Waals surface area contributed by atoms with Crippen molar-refractivity contribution in [3.63, 3.8) is 0 Å². The molecule has 0 aromatic rings. The van der Waals surface area contributed by atoms with Gasteiger partial charge in [0.2, 0.25) is 0 Å². The molecule has 0 rings (SSSR count). The average Bonchev–Trinajstić information content (AvgIpc) is 2.51. The molecule has 0 aliphatic heterocycles. The molecule has 7 N–H and O–H groups in total. The summed E-state index contributed by atoms with van der Waals surface area (Å²) in [5, 5.41) is 59.4. The molecule has 0 aliphatic rings. The van der Waals surface area contributed by atoms with E-state index in [9.17, 15) is 14.7 Å². The number of carboxylic acids is 2. The summed E-state index contributed by atoms with van der Waals surface area (Å²) in [7, 11) is 0. The van der Waals surface area contributed by atoms with E-state index in [1.807, 2.05) is 0 Å². The van der Waals surface area contributed by atoms with Crippen LogP contribution in [-0.2, 0) is 9.59 Å². The van der Waals surface area contributed by atoms with Crippen molar-refractivity contribution in [1.29, 1.82) is 0 Å². The van der Waals surface area contributed by atoms with Crippen LogP contribution in [0.5, 0.6) is 0 Å². The van der Waals surface area contributed by atoms with Gasteiger partial charge < -0.3 is 35.7 Å². The van der Waals surface area contributed by atoms with Gasteiger partial charge in [0.05, 0.1) is 31.3 Å². The highest BCUT2D eigenvalue weighted by atomic mass is 16.4. The quantitative estimate of drug-likeness (QED) is 0.254. The van der Waals surface area contributed by atoms with Crippen LogP contribution in [0.4, 0.5) is 0 Å². The van der Waals surface area contributed by atoms with Crippen LogP contribution in [0.2, 0.25) is 0 Å². The van der Waals surface area contributed by atoms with E-state index in [4.69, 9.17) is 30.6 Å². The minimum absolute atomic E-state index is 0.0294. The molecule has 0 saturated carbocycles. The fourth-order valence-corrected chi connectivity index (χ4v) is 0.895. The van der Waals surface area contributed by atoms with E-state index < -0.39 is 43.3 Å². The van der Waals surface area contributed by atoms with Crippen LogP contribution in [0.25, 0.3) is 0 Å². The Hall–Kier alpha value is -1.78. The topological polar surface area (TPSA) is 176 Å². The molecule has 0 fully saturated rings. The van der Waals surface area contributed by atoms with Crippen LogP contribution in [0.3, 0.4) is 0 Å². The molecule has 0 saturated heterocycles. The van der Waals surface area contributed by atoms with Gasteiger partial charge in [0.15, 0.2) is 0 Å². The van der Waals surface area contributed by atoms with Crippen molar-refractivity contribution in [3.05, 3.63) is 25.3 Å². The zero-order valence-corrected chi connectivity index (χ0v) is 12.1. The molecule has 0 aromatic heterocycles. The lowest BCUT2D eigenvalue weighted by molar-refractivity contribution is -0.132. The zero-order valence-electron chi connectivity index (χ0n) is 12.1. The molecule has 9 heteroatoms. The van der Waals surface area contributed by atoms with E-state index in [1.54, 1.807) is 0 Å². The van der Waals surface area contributed by atoms with Gasteiger partial charge >= 0.3 is 11.9 Å². The monoisotopic (exact) mass is 324 g/mol. The number of aliphatic carboxylic acids is 2. The Morgan fingerprint density at radius 1 is 0.909 bits per heavy atom. The number of aliphatic hydroxyl groups is 5. The van der Waals surface area contributed by atoms with Gasteiger partial charge in [-0.3, -0.25) is 0 Å². The summed E-state index contributed by atoms with van der Waals surface area (Å²) >= 11 is 0. The molecule has 0 heterocycles. The Kier molecular flexibility index (Phi) is 17.9. The number of carboxylic acid groups (broad SMARTS) is 2. The number of aliphatic hydroxyl groups excluding tert-OH is 5. The van der Waals surface area contributed by atoms with Crippen molar-refractivity contribution in [3.8, 4) is 0 Å². The van der Waals surface area contributed by atoms with Crippen LogP contribution in [0, 0.1) is 5.41 Å². The number of hydrogen-bond donors (Lipinski definition) is 7. The Labute approximate surface area is 128 Å². The second kappa shape index (κ2) is 15.6. The van der Waals surface area contributed by atoms with Crippen molar-refractivity contribution >= 4 is 11.9 Å². The standard InChI is InChI=1S/C7H16O5.2C3H4O2/c8-2-1-6(12)7(3-9,4-10)5-11;2*1-2-3(4)5/h6,8-12H,1-5H2;2*2H,1H2,(H,4,5). The summed E-state index contributed by atoms with van der Waals surface area (Å²) in [4.78, 5) is 18.5. The minimum atomic E-state index is -1.30. The highest BCUT2D eigenvalue weighted by Gasteiger charge is 2.35. The van der Waals surface area contributed by atoms with Gasteiger partial charge in [-0.25, -0.2) is 9.59 Å². The Morgan fingerprint density at radius 2 is 1.18 bits per heavy atom. The minimum Gasteiger partial charge on any atom is -0.478 e. The number of carbonyl (C=O) groups is 2. The normalized spacial score (nSPS) is 11.0. The summed E-state index contributed by atoms with van der Waals surface area (Å²) in [6.45, 7) is 4.14. The molecule has 22 heavy (non-hydrogen) atoms. The lowest BCUT2D eigenvalue weighted by Crippen LogP contribution is -2.45. The summed E-state index contributed by atoms with van der Waals surface area (Å²) in [6.07, 6.45) is 0.601. The van der Waals surface area contributed by atoms with Gasteiger partial charge in [-0.1, -0.05) is 13.2 Å². The molecule has 0 amide bonds. The summed E-state index contributed by atoms with van der Waals surface area (Å²) < 4.78 is 0. The van der Waals surface area contributed by atoms with Gasteiger partial charge in [-0.2, -0.15) is 0 Å². The van der Waals surface area contributed by atoms with Gasteiger partial charge in [-0.15, -0.1) is 0 Å². The predicted molar refractivity (Wildman–Crippen MR) is 77.1 cm³/mol. The highest BCUT2D eigenvalue weighted by molar-refractivity contribution is 5.79. The van der Waals surface area contributed by atoms with Crippen molar-refractivity contribution in [1.82, 2.24) is 0 Å². The third-order valence-corrected chi connectivity index (χ3v) is 2.40. The Bertz CT molecular complexity index is 297. The fourth-order valence-electron chi connectivity index (χ4n) is 0.895. The molecule has 0 aromatic carbocycles. The van der Waals surface area contributed by atoms with Crippen LogP contribution in [-0.4, -0.2) is 80.2 Å². The van der Waals surface area contributed by atoms with E-state index in [2.05, 4.69) is 13.2 Å². The summed E-state index contributed by atoms with van der Waals surface area (Å²) in [5.41, 5.74) is -1.30. The smallest absolute Gasteiger partial charge is 0.327 e. The fraction of sp³-hybridized carbons (Fsp3) is 0.538. The van der Waals surface area contributed by atoms with E-state index in [0.717, 1.165) is 12.2 Å². The maximum Gasteiger partial charge on any atom is 0.327 e. The maximum atomic E-state index is 9.32. The van der Waals surface area contributed by atoms with Crippen molar-refractivity contribution in [2.45, 2.75) is 12.5 Å². The SMILES string of the molecule is C=CC(=O)O.C=CC(=O)O.OCCC(O)C(CO)(CO)CO. The van der Waals surface area contributed by atoms with Gasteiger partial charge in [0.25, 0.3) is 0 Å². The first kappa shape index (κ1) is 25.2. The summed E-state index contributed by atoms with van der Waals surface area (Å²) in [6, 6.07) is 0. The first-order chi connectivity index (χ1) is 10.2. The van der Waals surface area contributed by atoms with E-state index in [1.165, 1.54) is 0 Å². The first-order valence-electron chi connectivity index (χ1n) is 6.03. The van der Waals surface area contributed by atoms with Gasteiger partial charge in [0, 0.05) is 18.8 Å². The largest absolute Gasteiger partial charge is 0.478 e. The molecular formula is C13H24O9. The van der Waals surface area contributed by atoms with Gasteiger partial charge in [0.1, 0.15) is 0 Å². The van der Waals surface area contributed by atoms with Crippen LogP contribution in [0.1, 0.15) is 6.42 Å². The van der Waals surface area contributed by atoms with Crippen LogP contribution < -0.4 is 0 Å². The second-order valence-corrected chi connectivity index (χ2v) is 3.95. The van der Waals surface area contributed by atoms with E-state index in [0.29, 0.717) is 0 Å². The molecule has 130 valence electrons. The molecule has 0 spiro atoms. The van der Waals surface area contributed by atoms with Crippen molar-refractivity contribution in [2.24, 2.45) is 5.41 Å². The Balaban J connectivity index is -0.000000298. The first-order valence-corrected chi connectivity index (χ1v) is 6.03. The lowest BCUT2D eigenvalue weighted by atomic mass is 9.83. The second-order valence-electron chi connectivity index (χ2n) is 3.95. The Morgan fingerprint density at radius 3 is 1.32 bits per heavy atom. The van der Waals surface area contributed by atoms with Crippen molar-refractivity contribution in [2.75, 3.05) is 26.4 Å². The number of hydrogen-bond acceptors (Lipinski definition) is 7. The van der Waals surface area contributed by atoms with Crippen molar-refractivity contribution < 1.29 is 45.3 Å². The predicted octanol–water partition coefficient (Wildman–Crippen LogP) is -1.79. The molecule has 9 nitrogen and oxygen atoms in total. The highest BCUT2D eigenvalue weighted by Crippen LogP contribution is 2.22. The van der Waals surface area contributed by atoms with Crippen LogP contribution in [0.15, 0.2) is 25.3 Å². The third kappa shape index (κ3) is 13.2. The molecule has 1 atom stereocenters. The lowest BCUT2D eigenvalue weighted by Gasteiger charge is -2.32. The van der Waals surface area contributed by atoms with Crippen LogP contribution >= 0.6 is 0 Å².